The van der Waals surface area contributed by atoms with Gasteiger partial charge in [-0.05, 0) is 111 Å². The molecule has 0 aliphatic carbocycles. The maximum atomic E-state index is 2.35. The van der Waals surface area contributed by atoms with Crippen molar-refractivity contribution in [3.05, 3.63) is 212 Å². The molecule has 10 rings (SSSR count). The zero-order chi connectivity index (χ0) is 36.7. The Hall–Kier alpha value is -6.74. The van der Waals surface area contributed by atoms with E-state index in [1.54, 1.807) is 0 Å². The molecule has 9 aromatic carbocycles. The molecule has 0 saturated carbocycles. The number of nitrogens with zero attached hydrogens (tertiary/aromatic N) is 1. The summed E-state index contributed by atoms with van der Waals surface area (Å²) in [5, 5.41) is 5.29. The first kappa shape index (κ1) is 32.9. The SMILES string of the molecule is Cc1ccc(-c2ccc(N(c3ccc(-c4ccccc4)cc3)c3ccc(-c4cccc(-c5cccc6c5sc5ccc7ccccc7c56)c4)cc3)cc2)cc1. The molecule has 10 aromatic rings. The van der Waals surface area contributed by atoms with Crippen LogP contribution in [0.15, 0.2) is 206 Å². The first-order chi connectivity index (χ1) is 27.2. The average Bonchev–Trinajstić information content (AvgIpc) is 3.65. The second-order valence-electron chi connectivity index (χ2n) is 14.2. The third kappa shape index (κ3) is 6.17. The van der Waals surface area contributed by atoms with Crippen LogP contribution in [-0.2, 0) is 0 Å². The van der Waals surface area contributed by atoms with E-state index in [0.29, 0.717) is 0 Å². The van der Waals surface area contributed by atoms with Gasteiger partial charge in [0.05, 0.1) is 0 Å². The first-order valence-corrected chi connectivity index (χ1v) is 19.6. The summed E-state index contributed by atoms with van der Waals surface area (Å²) in [4.78, 5) is 2.35. The van der Waals surface area contributed by atoms with Crippen LogP contribution in [0.4, 0.5) is 17.1 Å². The topological polar surface area (TPSA) is 3.24 Å². The van der Waals surface area contributed by atoms with Gasteiger partial charge < -0.3 is 4.90 Å². The van der Waals surface area contributed by atoms with Crippen LogP contribution in [0.3, 0.4) is 0 Å². The zero-order valence-corrected chi connectivity index (χ0v) is 31.3. The van der Waals surface area contributed by atoms with Crippen LogP contribution >= 0.6 is 11.3 Å². The monoisotopic (exact) mass is 719 g/mol. The van der Waals surface area contributed by atoms with Crippen LogP contribution < -0.4 is 4.90 Å². The van der Waals surface area contributed by atoms with E-state index in [1.165, 1.54) is 81.0 Å². The quantitative estimate of drug-likeness (QED) is 0.159. The molecule has 0 atom stereocenters. The minimum Gasteiger partial charge on any atom is -0.311 e. The van der Waals surface area contributed by atoms with Gasteiger partial charge in [-0.25, -0.2) is 0 Å². The van der Waals surface area contributed by atoms with E-state index in [2.05, 4.69) is 218 Å². The van der Waals surface area contributed by atoms with Crippen LogP contribution in [-0.4, -0.2) is 0 Å². The maximum Gasteiger partial charge on any atom is 0.0462 e. The van der Waals surface area contributed by atoms with Gasteiger partial charge in [0.15, 0.2) is 0 Å². The predicted octanol–water partition coefficient (Wildman–Crippen LogP) is 15.7. The molecular weight excluding hydrogens is 683 g/mol. The van der Waals surface area contributed by atoms with Crippen molar-refractivity contribution in [3.8, 4) is 44.5 Å². The maximum absolute atomic E-state index is 2.35. The molecule has 1 aromatic heterocycles. The summed E-state index contributed by atoms with van der Waals surface area (Å²) in [5.74, 6) is 0. The number of thiophene rings is 1. The molecule has 0 aliphatic heterocycles. The highest BCUT2D eigenvalue weighted by Crippen LogP contribution is 2.44. The number of hydrogen-bond donors (Lipinski definition) is 0. The van der Waals surface area contributed by atoms with E-state index in [0.717, 1.165) is 17.1 Å². The predicted molar refractivity (Wildman–Crippen MR) is 238 cm³/mol. The molecule has 0 aliphatic rings. The van der Waals surface area contributed by atoms with Crippen molar-refractivity contribution in [1.29, 1.82) is 0 Å². The standard InChI is InChI=1S/C53H37NS/c1-36-17-19-38(20-18-36)40-23-30-46(31-24-40)54(45-28-21-39(22-29-45)37-9-3-2-4-10-37)47-32-25-41(26-33-47)43-12-7-13-44(35-43)49-15-8-16-50-52-48-14-6-5-11-42(48)27-34-51(52)55-53(49)50/h2-35H,1H3. The van der Waals surface area contributed by atoms with Crippen LogP contribution in [0, 0.1) is 6.92 Å². The number of benzene rings is 9. The lowest BCUT2D eigenvalue weighted by atomic mass is 9.97. The Bertz CT molecular complexity index is 2940. The van der Waals surface area contributed by atoms with Gasteiger partial charge in [-0.1, -0.05) is 163 Å². The third-order valence-corrected chi connectivity index (χ3v) is 12.0. The van der Waals surface area contributed by atoms with Gasteiger partial charge in [-0.2, -0.15) is 0 Å². The molecule has 0 radical (unpaired) electrons. The molecule has 1 nitrogen and oxygen atoms in total. The molecule has 0 saturated heterocycles. The summed E-state index contributed by atoms with van der Waals surface area (Å²) >= 11 is 1.89. The van der Waals surface area contributed by atoms with E-state index in [4.69, 9.17) is 0 Å². The van der Waals surface area contributed by atoms with Crippen molar-refractivity contribution in [2.24, 2.45) is 0 Å². The van der Waals surface area contributed by atoms with Crippen LogP contribution in [0.1, 0.15) is 5.56 Å². The van der Waals surface area contributed by atoms with Crippen molar-refractivity contribution < 1.29 is 0 Å². The number of fused-ring (bicyclic) bond motifs is 5. The fourth-order valence-electron chi connectivity index (χ4n) is 7.89. The summed E-state index contributed by atoms with van der Waals surface area (Å²) < 4.78 is 2.67. The highest BCUT2D eigenvalue weighted by molar-refractivity contribution is 7.26. The number of anilines is 3. The van der Waals surface area contributed by atoms with E-state index in [9.17, 15) is 0 Å². The van der Waals surface area contributed by atoms with Crippen molar-refractivity contribution in [2.75, 3.05) is 4.90 Å². The van der Waals surface area contributed by atoms with Crippen molar-refractivity contribution in [1.82, 2.24) is 0 Å². The largest absolute Gasteiger partial charge is 0.311 e. The minimum absolute atomic E-state index is 1.11. The molecule has 0 amide bonds. The Morgan fingerprint density at radius 3 is 1.51 bits per heavy atom. The molecule has 2 heteroatoms. The Labute approximate surface area is 326 Å². The van der Waals surface area contributed by atoms with Crippen molar-refractivity contribution >= 4 is 59.3 Å². The van der Waals surface area contributed by atoms with Gasteiger partial charge in [-0.15, -0.1) is 11.3 Å². The fourth-order valence-corrected chi connectivity index (χ4v) is 9.15. The highest BCUT2D eigenvalue weighted by atomic mass is 32.1. The number of rotatable bonds is 7. The molecular formula is C53H37NS. The average molecular weight is 720 g/mol. The van der Waals surface area contributed by atoms with Gasteiger partial charge in [0.25, 0.3) is 0 Å². The summed E-state index contributed by atoms with van der Waals surface area (Å²) in [6.07, 6.45) is 0. The van der Waals surface area contributed by atoms with Crippen LogP contribution in [0.25, 0.3) is 75.5 Å². The summed E-state index contributed by atoms with van der Waals surface area (Å²) in [5.41, 5.74) is 14.4. The van der Waals surface area contributed by atoms with E-state index in [1.807, 2.05) is 11.3 Å². The van der Waals surface area contributed by atoms with Crippen LogP contribution in [0.5, 0.6) is 0 Å². The number of hydrogen-bond acceptors (Lipinski definition) is 2. The third-order valence-electron chi connectivity index (χ3n) is 10.8. The molecule has 1 heterocycles. The molecule has 260 valence electrons. The number of aryl methyl sites for hydroxylation is 1. The summed E-state index contributed by atoms with van der Waals surface area (Å²) in [6.45, 7) is 2.13. The minimum atomic E-state index is 1.11. The molecule has 0 fully saturated rings. The zero-order valence-electron chi connectivity index (χ0n) is 30.5. The normalized spacial score (nSPS) is 11.4. The smallest absolute Gasteiger partial charge is 0.0462 e. The van der Waals surface area contributed by atoms with Crippen molar-refractivity contribution in [3.63, 3.8) is 0 Å². The summed E-state index contributed by atoms with van der Waals surface area (Å²) in [6, 6.07) is 75.2. The first-order valence-electron chi connectivity index (χ1n) is 18.8. The van der Waals surface area contributed by atoms with Gasteiger partial charge in [0.1, 0.15) is 0 Å². The van der Waals surface area contributed by atoms with Crippen LogP contribution in [0.2, 0.25) is 0 Å². The van der Waals surface area contributed by atoms with Crippen molar-refractivity contribution in [2.45, 2.75) is 6.92 Å². The molecule has 0 N–H and O–H groups in total. The Balaban J connectivity index is 1.01. The summed E-state index contributed by atoms with van der Waals surface area (Å²) in [7, 11) is 0. The Morgan fingerprint density at radius 1 is 0.364 bits per heavy atom. The second kappa shape index (κ2) is 13.9. The van der Waals surface area contributed by atoms with E-state index < -0.39 is 0 Å². The molecule has 55 heavy (non-hydrogen) atoms. The lowest BCUT2D eigenvalue weighted by Crippen LogP contribution is -2.09. The fraction of sp³-hybridized carbons (Fsp3) is 0.0189. The Kier molecular flexibility index (Phi) is 8.32. The molecule has 0 unspecified atom stereocenters. The van der Waals surface area contributed by atoms with Gasteiger partial charge in [0.2, 0.25) is 0 Å². The highest BCUT2D eigenvalue weighted by Gasteiger charge is 2.16. The van der Waals surface area contributed by atoms with E-state index >= 15 is 0 Å². The second-order valence-corrected chi connectivity index (χ2v) is 15.3. The van der Waals surface area contributed by atoms with E-state index in [-0.39, 0.29) is 0 Å². The lowest BCUT2D eigenvalue weighted by Gasteiger charge is -2.26. The van der Waals surface area contributed by atoms with Gasteiger partial charge >= 0.3 is 0 Å². The van der Waals surface area contributed by atoms with Gasteiger partial charge in [0, 0.05) is 37.2 Å². The Morgan fingerprint density at radius 2 is 0.855 bits per heavy atom. The molecule has 0 spiro atoms. The lowest BCUT2D eigenvalue weighted by molar-refractivity contribution is 1.28. The molecule has 0 bridgehead atoms. The van der Waals surface area contributed by atoms with Gasteiger partial charge in [-0.3, -0.25) is 0 Å².